The Kier molecular flexibility index (Phi) is 6.58. The number of rotatable bonds is 7. The van der Waals surface area contributed by atoms with Crippen LogP contribution in [0.1, 0.15) is 34.8 Å². The molecular weight excluding hydrogens is 310 g/mol. The summed E-state index contributed by atoms with van der Waals surface area (Å²) in [7, 11) is 1.79. The van der Waals surface area contributed by atoms with E-state index >= 15 is 0 Å². The molecule has 0 aliphatic rings. The first kappa shape index (κ1) is 17.5. The first-order valence-electron chi connectivity index (χ1n) is 7.88. The molecule has 1 unspecified atom stereocenters. The van der Waals surface area contributed by atoms with Crippen LogP contribution in [0.25, 0.3) is 0 Å². The SMILES string of the molecule is CN=C(NCCCc1nc(C)no1)NC(C)Cc1ccc(C)s1. The molecule has 0 saturated heterocycles. The fourth-order valence-corrected chi connectivity index (χ4v) is 3.28. The number of hydrogen-bond acceptors (Lipinski definition) is 5. The average molecular weight is 335 g/mol. The van der Waals surface area contributed by atoms with E-state index in [9.17, 15) is 0 Å². The number of aromatic nitrogens is 2. The van der Waals surface area contributed by atoms with E-state index in [-0.39, 0.29) is 0 Å². The summed E-state index contributed by atoms with van der Waals surface area (Å²) in [5.74, 6) is 2.20. The van der Waals surface area contributed by atoms with Crippen LogP contribution in [0.15, 0.2) is 21.6 Å². The van der Waals surface area contributed by atoms with Crippen molar-refractivity contribution >= 4 is 17.3 Å². The van der Waals surface area contributed by atoms with Crippen molar-refractivity contribution in [3.05, 3.63) is 33.6 Å². The lowest BCUT2D eigenvalue weighted by atomic mass is 10.2. The van der Waals surface area contributed by atoms with Crippen LogP contribution in [-0.2, 0) is 12.8 Å². The molecule has 0 aromatic carbocycles. The Labute approximate surface area is 141 Å². The van der Waals surface area contributed by atoms with Crippen LogP contribution in [0.4, 0.5) is 0 Å². The maximum absolute atomic E-state index is 5.10. The van der Waals surface area contributed by atoms with Crippen molar-refractivity contribution in [2.45, 2.75) is 46.1 Å². The Morgan fingerprint density at radius 3 is 2.83 bits per heavy atom. The standard InChI is InChI=1S/C16H25N5OS/c1-11(10-14-8-7-12(2)23-14)19-16(17-4)18-9-5-6-15-20-13(3)21-22-15/h7-8,11H,5-6,9-10H2,1-4H3,(H2,17,18,19). The zero-order chi connectivity index (χ0) is 16.7. The van der Waals surface area contributed by atoms with E-state index in [0.29, 0.717) is 17.8 Å². The van der Waals surface area contributed by atoms with Gasteiger partial charge in [0.2, 0.25) is 5.89 Å². The number of nitrogens with zero attached hydrogens (tertiary/aromatic N) is 3. The first-order chi connectivity index (χ1) is 11.1. The molecule has 0 saturated carbocycles. The zero-order valence-corrected chi connectivity index (χ0v) is 15.0. The molecule has 0 fully saturated rings. The number of thiophene rings is 1. The molecule has 126 valence electrons. The second-order valence-corrected chi connectivity index (χ2v) is 6.97. The fourth-order valence-electron chi connectivity index (χ4n) is 2.26. The molecule has 0 bridgehead atoms. The van der Waals surface area contributed by atoms with Gasteiger partial charge in [0.25, 0.3) is 0 Å². The van der Waals surface area contributed by atoms with E-state index in [1.54, 1.807) is 7.05 Å². The normalized spacial score (nSPS) is 13.1. The Morgan fingerprint density at radius 1 is 1.39 bits per heavy atom. The summed E-state index contributed by atoms with van der Waals surface area (Å²) in [4.78, 5) is 11.2. The second kappa shape index (κ2) is 8.67. The van der Waals surface area contributed by atoms with Crippen LogP contribution >= 0.6 is 11.3 Å². The lowest BCUT2D eigenvalue weighted by Crippen LogP contribution is -2.43. The predicted octanol–water partition coefficient (Wildman–Crippen LogP) is 2.48. The third kappa shape index (κ3) is 6.02. The maximum atomic E-state index is 5.10. The van der Waals surface area contributed by atoms with Crippen molar-refractivity contribution in [2.75, 3.05) is 13.6 Å². The van der Waals surface area contributed by atoms with E-state index < -0.39 is 0 Å². The molecule has 23 heavy (non-hydrogen) atoms. The summed E-state index contributed by atoms with van der Waals surface area (Å²) in [6, 6.07) is 4.69. The minimum atomic E-state index is 0.331. The van der Waals surface area contributed by atoms with Gasteiger partial charge in [0, 0.05) is 42.2 Å². The van der Waals surface area contributed by atoms with Gasteiger partial charge in [0.1, 0.15) is 0 Å². The van der Waals surface area contributed by atoms with Crippen molar-refractivity contribution in [1.29, 1.82) is 0 Å². The molecule has 0 amide bonds. The van der Waals surface area contributed by atoms with Crippen LogP contribution in [0, 0.1) is 13.8 Å². The molecule has 2 aromatic rings. The first-order valence-corrected chi connectivity index (χ1v) is 8.70. The smallest absolute Gasteiger partial charge is 0.226 e. The number of guanidine groups is 1. The monoisotopic (exact) mass is 335 g/mol. The van der Waals surface area contributed by atoms with E-state index in [1.165, 1.54) is 9.75 Å². The largest absolute Gasteiger partial charge is 0.356 e. The molecule has 0 aliphatic carbocycles. The van der Waals surface area contributed by atoms with Gasteiger partial charge in [-0.3, -0.25) is 4.99 Å². The summed E-state index contributed by atoms with van der Waals surface area (Å²) in [6.45, 7) is 6.94. The van der Waals surface area contributed by atoms with E-state index in [4.69, 9.17) is 4.52 Å². The van der Waals surface area contributed by atoms with Crippen LogP contribution in [0.3, 0.4) is 0 Å². The predicted molar refractivity (Wildman–Crippen MR) is 94.1 cm³/mol. The molecule has 1 atom stereocenters. The van der Waals surface area contributed by atoms with Gasteiger partial charge in [0.05, 0.1) is 0 Å². The summed E-state index contributed by atoms with van der Waals surface area (Å²) < 4.78 is 5.10. The minimum Gasteiger partial charge on any atom is -0.356 e. The van der Waals surface area contributed by atoms with Crippen molar-refractivity contribution in [1.82, 2.24) is 20.8 Å². The fraction of sp³-hybridized carbons (Fsp3) is 0.562. The van der Waals surface area contributed by atoms with Gasteiger partial charge in [0.15, 0.2) is 11.8 Å². The number of nitrogens with one attached hydrogen (secondary N) is 2. The van der Waals surface area contributed by atoms with Gasteiger partial charge < -0.3 is 15.2 Å². The maximum Gasteiger partial charge on any atom is 0.226 e. The van der Waals surface area contributed by atoms with E-state index in [0.717, 1.165) is 31.8 Å². The molecule has 7 heteroatoms. The summed E-state index contributed by atoms with van der Waals surface area (Å²) >= 11 is 1.85. The number of hydrogen-bond donors (Lipinski definition) is 2. The molecule has 0 spiro atoms. The highest BCUT2D eigenvalue weighted by atomic mass is 32.1. The Hall–Kier alpha value is -1.89. The lowest BCUT2D eigenvalue weighted by molar-refractivity contribution is 0.372. The summed E-state index contributed by atoms with van der Waals surface area (Å²) in [5.41, 5.74) is 0. The summed E-state index contributed by atoms with van der Waals surface area (Å²) in [6.07, 6.45) is 2.69. The molecule has 0 radical (unpaired) electrons. The van der Waals surface area contributed by atoms with Gasteiger partial charge >= 0.3 is 0 Å². The molecule has 2 heterocycles. The van der Waals surface area contributed by atoms with Crippen molar-refractivity contribution in [3.8, 4) is 0 Å². The highest BCUT2D eigenvalue weighted by molar-refractivity contribution is 7.11. The molecule has 2 rings (SSSR count). The van der Waals surface area contributed by atoms with Crippen molar-refractivity contribution in [2.24, 2.45) is 4.99 Å². The topological polar surface area (TPSA) is 75.3 Å². The van der Waals surface area contributed by atoms with Crippen LogP contribution in [0.5, 0.6) is 0 Å². The zero-order valence-electron chi connectivity index (χ0n) is 14.2. The van der Waals surface area contributed by atoms with Crippen LogP contribution in [-0.4, -0.2) is 35.7 Å². The van der Waals surface area contributed by atoms with Crippen LogP contribution < -0.4 is 10.6 Å². The Balaban J connectivity index is 1.68. The van der Waals surface area contributed by atoms with Crippen molar-refractivity contribution < 1.29 is 4.52 Å². The highest BCUT2D eigenvalue weighted by Gasteiger charge is 2.08. The van der Waals surface area contributed by atoms with Gasteiger partial charge in [-0.25, -0.2) is 0 Å². The van der Waals surface area contributed by atoms with Gasteiger partial charge in [-0.15, -0.1) is 11.3 Å². The highest BCUT2D eigenvalue weighted by Crippen LogP contribution is 2.16. The third-order valence-corrected chi connectivity index (χ3v) is 4.36. The Morgan fingerprint density at radius 2 is 2.22 bits per heavy atom. The van der Waals surface area contributed by atoms with E-state index in [1.807, 2.05) is 18.3 Å². The van der Waals surface area contributed by atoms with Gasteiger partial charge in [-0.2, -0.15) is 4.98 Å². The average Bonchev–Trinajstić information content (AvgIpc) is 3.10. The van der Waals surface area contributed by atoms with Gasteiger partial charge in [-0.05, 0) is 39.3 Å². The third-order valence-electron chi connectivity index (χ3n) is 3.34. The lowest BCUT2D eigenvalue weighted by Gasteiger charge is -2.17. The Bertz CT molecular complexity index is 634. The number of aryl methyl sites for hydroxylation is 3. The van der Waals surface area contributed by atoms with Crippen LogP contribution in [0.2, 0.25) is 0 Å². The quantitative estimate of drug-likeness (QED) is 0.462. The van der Waals surface area contributed by atoms with E-state index in [2.05, 4.69) is 51.7 Å². The molecule has 6 nitrogen and oxygen atoms in total. The second-order valence-electron chi connectivity index (χ2n) is 5.60. The molecule has 0 aliphatic heterocycles. The number of aliphatic imine (C=N–C) groups is 1. The molecule has 2 N–H and O–H groups in total. The molecule has 2 aromatic heterocycles. The summed E-state index contributed by atoms with van der Waals surface area (Å²) in [5, 5.41) is 10.5. The van der Waals surface area contributed by atoms with Gasteiger partial charge in [-0.1, -0.05) is 5.16 Å². The molecular formula is C16H25N5OS. The van der Waals surface area contributed by atoms with Crippen molar-refractivity contribution in [3.63, 3.8) is 0 Å². The minimum absolute atomic E-state index is 0.331.